The summed E-state index contributed by atoms with van der Waals surface area (Å²) >= 11 is 1.30. The molecule has 2 aromatic carbocycles. The van der Waals surface area contributed by atoms with E-state index in [2.05, 4.69) is 15.6 Å². The van der Waals surface area contributed by atoms with Crippen LogP contribution in [-0.2, 0) is 0 Å². The van der Waals surface area contributed by atoms with E-state index in [0.717, 1.165) is 4.90 Å². The molecule has 2 heterocycles. The number of hydrogen-bond acceptors (Lipinski definition) is 6. The van der Waals surface area contributed by atoms with Gasteiger partial charge in [-0.2, -0.15) is 0 Å². The van der Waals surface area contributed by atoms with E-state index < -0.39 is 17.7 Å². The fourth-order valence-electron chi connectivity index (χ4n) is 2.90. The number of thiazole rings is 1. The standard InChI is InChI=1S/C20H14N4O4S/c1-24-18(27)14-6-5-12(10-15(14)19(24)28)16(25)22-13-4-2-3-11(9-13)17(26)23-20-21-7-8-29-20/h2-10H,1H3,(H,22,25)(H,21,23,26). The van der Waals surface area contributed by atoms with Crippen molar-refractivity contribution in [3.63, 3.8) is 0 Å². The molecule has 2 N–H and O–H groups in total. The molecular weight excluding hydrogens is 392 g/mol. The van der Waals surface area contributed by atoms with Crippen LogP contribution in [0.25, 0.3) is 0 Å². The van der Waals surface area contributed by atoms with Crippen molar-refractivity contribution in [2.24, 2.45) is 0 Å². The number of fused-ring (bicyclic) bond motifs is 1. The van der Waals surface area contributed by atoms with Gasteiger partial charge in [0.15, 0.2) is 5.13 Å². The maximum absolute atomic E-state index is 12.6. The quantitative estimate of drug-likeness (QED) is 0.648. The maximum atomic E-state index is 12.6. The molecule has 1 aliphatic heterocycles. The smallest absolute Gasteiger partial charge is 0.261 e. The van der Waals surface area contributed by atoms with Gasteiger partial charge in [0, 0.05) is 35.4 Å². The van der Waals surface area contributed by atoms with E-state index in [4.69, 9.17) is 0 Å². The largest absolute Gasteiger partial charge is 0.322 e. The Kier molecular flexibility index (Phi) is 4.65. The van der Waals surface area contributed by atoms with Crippen molar-refractivity contribution in [1.29, 1.82) is 0 Å². The second-order valence-electron chi connectivity index (χ2n) is 6.26. The van der Waals surface area contributed by atoms with Gasteiger partial charge >= 0.3 is 0 Å². The molecule has 1 aliphatic rings. The van der Waals surface area contributed by atoms with Crippen LogP contribution in [0.4, 0.5) is 10.8 Å². The minimum absolute atomic E-state index is 0.196. The summed E-state index contributed by atoms with van der Waals surface area (Å²) in [6, 6.07) is 10.8. The lowest BCUT2D eigenvalue weighted by Gasteiger charge is -2.08. The monoisotopic (exact) mass is 406 g/mol. The molecule has 0 atom stereocenters. The lowest BCUT2D eigenvalue weighted by Crippen LogP contribution is -2.24. The van der Waals surface area contributed by atoms with Gasteiger partial charge in [0.2, 0.25) is 0 Å². The molecule has 1 aromatic heterocycles. The average molecular weight is 406 g/mol. The van der Waals surface area contributed by atoms with Crippen LogP contribution in [0.1, 0.15) is 41.4 Å². The fraction of sp³-hybridized carbons (Fsp3) is 0.0500. The average Bonchev–Trinajstić information content (AvgIpc) is 3.31. The first-order valence-electron chi connectivity index (χ1n) is 8.53. The zero-order chi connectivity index (χ0) is 20.5. The van der Waals surface area contributed by atoms with Crippen LogP contribution in [0.15, 0.2) is 54.0 Å². The summed E-state index contributed by atoms with van der Waals surface area (Å²) in [5, 5.41) is 7.60. The first-order valence-corrected chi connectivity index (χ1v) is 9.40. The number of anilines is 2. The third kappa shape index (κ3) is 3.50. The zero-order valence-electron chi connectivity index (χ0n) is 15.1. The Morgan fingerprint density at radius 3 is 2.41 bits per heavy atom. The third-order valence-corrected chi connectivity index (χ3v) is 5.08. The first-order chi connectivity index (χ1) is 13.9. The fourth-order valence-corrected chi connectivity index (χ4v) is 3.42. The molecule has 29 heavy (non-hydrogen) atoms. The lowest BCUT2D eigenvalue weighted by atomic mass is 10.1. The zero-order valence-corrected chi connectivity index (χ0v) is 15.9. The molecule has 0 bridgehead atoms. The van der Waals surface area contributed by atoms with E-state index in [9.17, 15) is 19.2 Å². The number of carbonyl (C=O) groups excluding carboxylic acids is 4. The van der Waals surface area contributed by atoms with Crippen molar-refractivity contribution in [3.8, 4) is 0 Å². The van der Waals surface area contributed by atoms with Crippen LogP contribution in [0.2, 0.25) is 0 Å². The summed E-state index contributed by atoms with van der Waals surface area (Å²) in [5.74, 6) is -1.64. The van der Waals surface area contributed by atoms with Crippen molar-refractivity contribution >= 4 is 45.8 Å². The molecule has 144 valence electrons. The maximum Gasteiger partial charge on any atom is 0.261 e. The Morgan fingerprint density at radius 2 is 1.66 bits per heavy atom. The molecule has 0 radical (unpaired) electrons. The Balaban J connectivity index is 1.52. The van der Waals surface area contributed by atoms with Crippen molar-refractivity contribution in [2.45, 2.75) is 0 Å². The summed E-state index contributed by atoms with van der Waals surface area (Å²) in [6.45, 7) is 0. The van der Waals surface area contributed by atoms with E-state index >= 15 is 0 Å². The summed E-state index contributed by atoms with van der Waals surface area (Å²) in [5.41, 5.74) is 1.48. The van der Waals surface area contributed by atoms with Crippen molar-refractivity contribution < 1.29 is 19.2 Å². The van der Waals surface area contributed by atoms with Gasteiger partial charge in [-0.3, -0.25) is 29.4 Å². The summed E-state index contributed by atoms with van der Waals surface area (Å²) < 4.78 is 0. The minimum atomic E-state index is -0.458. The molecule has 0 saturated carbocycles. The molecule has 0 fully saturated rings. The molecule has 0 spiro atoms. The molecule has 0 aliphatic carbocycles. The van der Waals surface area contributed by atoms with Crippen LogP contribution in [-0.4, -0.2) is 40.6 Å². The van der Waals surface area contributed by atoms with E-state index in [1.807, 2.05) is 0 Å². The second kappa shape index (κ2) is 7.28. The Hall–Kier alpha value is -3.85. The SMILES string of the molecule is CN1C(=O)c2ccc(C(=O)Nc3cccc(C(=O)Nc4nccs4)c3)cc2C1=O. The van der Waals surface area contributed by atoms with Crippen LogP contribution in [0.5, 0.6) is 0 Å². The van der Waals surface area contributed by atoms with Crippen LogP contribution >= 0.6 is 11.3 Å². The van der Waals surface area contributed by atoms with E-state index in [1.165, 1.54) is 42.6 Å². The van der Waals surface area contributed by atoms with Crippen molar-refractivity contribution in [1.82, 2.24) is 9.88 Å². The number of aromatic nitrogens is 1. The number of benzene rings is 2. The first kappa shape index (κ1) is 18.5. The summed E-state index contributed by atoms with van der Waals surface area (Å²) in [6.07, 6.45) is 1.59. The number of amides is 4. The highest BCUT2D eigenvalue weighted by molar-refractivity contribution is 7.13. The van der Waals surface area contributed by atoms with Gasteiger partial charge in [-0.05, 0) is 36.4 Å². The molecule has 3 aromatic rings. The summed E-state index contributed by atoms with van der Waals surface area (Å²) in [4.78, 5) is 54.0. The highest BCUT2D eigenvalue weighted by atomic mass is 32.1. The van der Waals surface area contributed by atoms with Gasteiger partial charge in [0.1, 0.15) is 0 Å². The minimum Gasteiger partial charge on any atom is -0.322 e. The normalized spacial score (nSPS) is 12.7. The Morgan fingerprint density at radius 1 is 0.931 bits per heavy atom. The summed E-state index contributed by atoms with van der Waals surface area (Å²) in [7, 11) is 1.40. The van der Waals surface area contributed by atoms with Crippen LogP contribution in [0.3, 0.4) is 0 Å². The number of carbonyl (C=O) groups is 4. The number of imide groups is 1. The van der Waals surface area contributed by atoms with Gasteiger partial charge in [0.25, 0.3) is 23.6 Å². The van der Waals surface area contributed by atoms with Gasteiger partial charge in [-0.25, -0.2) is 4.98 Å². The predicted octanol–water partition coefficient (Wildman–Crippen LogP) is 2.87. The van der Waals surface area contributed by atoms with Crippen LogP contribution in [0, 0.1) is 0 Å². The van der Waals surface area contributed by atoms with Crippen molar-refractivity contribution in [3.05, 3.63) is 76.3 Å². The van der Waals surface area contributed by atoms with Gasteiger partial charge < -0.3 is 5.32 Å². The molecule has 4 amide bonds. The lowest BCUT2D eigenvalue weighted by molar-refractivity contribution is 0.0692. The van der Waals surface area contributed by atoms with Gasteiger partial charge in [-0.15, -0.1) is 11.3 Å². The predicted molar refractivity (Wildman–Crippen MR) is 107 cm³/mol. The number of rotatable bonds is 4. The topological polar surface area (TPSA) is 108 Å². The Bertz CT molecular complexity index is 1160. The van der Waals surface area contributed by atoms with E-state index in [1.54, 1.807) is 29.8 Å². The molecule has 9 heteroatoms. The van der Waals surface area contributed by atoms with Crippen LogP contribution < -0.4 is 10.6 Å². The number of hydrogen-bond donors (Lipinski definition) is 2. The highest BCUT2D eigenvalue weighted by Crippen LogP contribution is 2.23. The number of nitrogens with zero attached hydrogens (tertiary/aromatic N) is 2. The molecule has 0 unspecified atom stereocenters. The molecule has 4 rings (SSSR count). The Labute approximate surface area is 169 Å². The molecule has 8 nitrogen and oxygen atoms in total. The van der Waals surface area contributed by atoms with Crippen molar-refractivity contribution in [2.75, 3.05) is 17.7 Å². The van der Waals surface area contributed by atoms with E-state index in [0.29, 0.717) is 16.4 Å². The third-order valence-electron chi connectivity index (χ3n) is 4.39. The van der Waals surface area contributed by atoms with Gasteiger partial charge in [-0.1, -0.05) is 6.07 Å². The van der Waals surface area contributed by atoms with E-state index in [-0.39, 0.29) is 22.6 Å². The second-order valence-corrected chi connectivity index (χ2v) is 7.15. The highest BCUT2D eigenvalue weighted by Gasteiger charge is 2.33. The molecule has 0 saturated heterocycles. The van der Waals surface area contributed by atoms with Gasteiger partial charge in [0.05, 0.1) is 11.1 Å². The number of nitrogens with one attached hydrogen (secondary N) is 2. The molecular formula is C20H14N4O4S.